The molecular formula is C22H24N8O3. The predicted molar refractivity (Wildman–Crippen MR) is 121 cm³/mol. The molecule has 1 fully saturated rings. The van der Waals surface area contributed by atoms with E-state index in [1.54, 1.807) is 44.2 Å². The van der Waals surface area contributed by atoms with Gasteiger partial charge in [-0.1, -0.05) is 6.07 Å². The van der Waals surface area contributed by atoms with Crippen molar-refractivity contribution < 1.29 is 14.3 Å². The second kappa shape index (κ2) is 7.55. The highest BCUT2D eigenvalue weighted by Crippen LogP contribution is 2.34. The van der Waals surface area contributed by atoms with Crippen LogP contribution in [0.4, 0.5) is 17.5 Å². The predicted octanol–water partition coefficient (Wildman–Crippen LogP) is 2.02. The standard InChI is InChI=1S/C22H24N8O3/c1-22(2,32)13-4-5-15-17(6-13)33-21(28-15)30-9-12(10-30)16-8-24-20(18(27-16)19(23)31)26-14-7-25-29(3)11-14/h4-8,11-12,32H,9-10H2,1-3H3,(H2,23,31)(H,24,26). The summed E-state index contributed by atoms with van der Waals surface area (Å²) in [7, 11) is 1.79. The molecule has 4 heterocycles. The number of benzene rings is 1. The van der Waals surface area contributed by atoms with Crippen molar-refractivity contribution in [3.63, 3.8) is 0 Å². The Bertz CT molecular complexity index is 1350. The van der Waals surface area contributed by atoms with Crippen molar-refractivity contribution in [1.82, 2.24) is 24.7 Å². The van der Waals surface area contributed by atoms with Crippen molar-refractivity contribution in [3.8, 4) is 0 Å². The lowest BCUT2D eigenvalue weighted by Gasteiger charge is -2.37. The molecule has 0 spiro atoms. The number of nitrogens with zero attached hydrogens (tertiary/aromatic N) is 6. The number of nitrogens with two attached hydrogens (primary N) is 1. The quantitative estimate of drug-likeness (QED) is 0.403. The fourth-order valence-electron chi connectivity index (χ4n) is 3.74. The van der Waals surface area contributed by atoms with Gasteiger partial charge in [0.25, 0.3) is 11.9 Å². The van der Waals surface area contributed by atoms with Crippen molar-refractivity contribution in [2.24, 2.45) is 12.8 Å². The largest absolute Gasteiger partial charge is 0.423 e. The number of nitrogens with one attached hydrogen (secondary N) is 1. The van der Waals surface area contributed by atoms with Crippen LogP contribution >= 0.6 is 0 Å². The summed E-state index contributed by atoms with van der Waals surface area (Å²) in [6, 6.07) is 6.00. The van der Waals surface area contributed by atoms with Gasteiger partial charge in [0.1, 0.15) is 5.52 Å². The Balaban J connectivity index is 1.32. The molecule has 0 bridgehead atoms. The first-order valence-corrected chi connectivity index (χ1v) is 10.5. The molecule has 1 amide bonds. The summed E-state index contributed by atoms with van der Waals surface area (Å²) in [5, 5.41) is 17.3. The second-order valence-electron chi connectivity index (χ2n) is 8.72. The molecule has 0 aliphatic carbocycles. The molecule has 5 rings (SSSR count). The first-order valence-electron chi connectivity index (χ1n) is 10.5. The number of fused-ring (bicyclic) bond motifs is 1. The Kier molecular flexibility index (Phi) is 4.78. The fraction of sp³-hybridized carbons (Fsp3) is 0.318. The lowest BCUT2D eigenvalue weighted by molar-refractivity contribution is 0.0786. The number of rotatable bonds is 6. The highest BCUT2D eigenvalue weighted by Gasteiger charge is 2.33. The lowest BCUT2D eigenvalue weighted by Crippen LogP contribution is -2.45. The highest BCUT2D eigenvalue weighted by atomic mass is 16.4. The third-order valence-electron chi connectivity index (χ3n) is 5.65. The Morgan fingerprint density at radius 2 is 2.06 bits per heavy atom. The van der Waals surface area contributed by atoms with Crippen molar-refractivity contribution in [2.75, 3.05) is 23.3 Å². The van der Waals surface area contributed by atoms with E-state index in [0.717, 1.165) is 11.1 Å². The minimum absolute atomic E-state index is 0.0602. The van der Waals surface area contributed by atoms with Crippen LogP contribution in [0.2, 0.25) is 0 Å². The van der Waals surface area contributed by atoms with Crippen molar-refractivity contribution in [1.29, 1.82) is 0 Å². The normalized spacial score (nSPS) is 14.5. The zero-order valence-electron chi connectivity index (χ0n) is 18.5. The van der Waals surface area contributed by atoms with Crippen LogP contribution in [0, 0.1) is 0 Å². The Hall–Kier alpha value is -3.99. The van der Waals surface area contributed by atoms with Crippen LogP contribution in [0.25, 0.3) is 11.1 Å². The molecule has 4 N–H and O–H groups in total. The first-order chi connectivity index (χ1) is 15.7. The van der Waals surface area contributed by atoms with E-state index in [1.807, 2.05) is 23.1 Å². The molecule has 1 aromatic carbocycles. The number of aromatic nitrogens is 5. The minimum atomic E-state index is -0.960. The molecule has 11 heteroatoms. The number of anilines is 3. The molecule has 1 saturated heterocycles. The molecule has 0 radical (unpaired) electrons. The van der Waals surface area contributed by atoms with Gasteiger partial charge in [-0.2, -0.15) is 10.1 Å². The van der Waals surface area contributed by atoms with E-state index >= 15 is 0 Å². The van der Waals surface area contributed by atoms with Gasteiger partial charge in [-0.25, -0.2) is 9.97 Å². The van der Waals surface area contributed by atoms with Gasteiger partial charge in [-0.3, -0.25) is 9.48 Å². The summed E-state index contributed by atoms with van der Waals surface area (Å²) in [5.41, 5.74) is 8.13. The average Bonchev–Trinajstić information content (AvgIpc) is 3.32. The van der Waals surface area contributed by atoms with Gasteiger partial charge in [0, 0.05) is 32.3 Å². The molecule has 0 atom stereocenters. The van der Waals surface area contributed by atoms with Crippen LogP contribution < -0.4 is 16.0 Å². The summed E-state index contributed by atoms with van der Waals surface area (Å²) >= 11 is 0. The van der Waals surface area contributed by atoms with Gasteiger partial charge >= 0.3 is 0 Å². The number of aliphatic hydroxyl groups is 1. The van der Waals surface area contributed by atoms with Crippen molar-refractivity contribution in [3.05, 3.63) is 53.7 Å². The maximum absolute atomic E-state index is 12.0. The van der Waals surface area contributed by atoms with Crippen LogP contribution in [0.5, 0.6) is 0 Å². The third-order valence-corrected chi connectivity index (χ3v) is 5.65. The molecule has 4 aromatic rings. The van der Waals surface area contributed by atoms with Crippen LogP contribution in [-0.4, -0.2) is 48.8 Å². The van der Waals surface area contributed by atoms with Crippen LogP contribution in [-0.2, 0) is 12.6 Å². The van der Waals surface area contributed by atoms with Gasteiger partial charge in [-0.15, -0.1) is 0 Å². The number of carbonyl (C=O) groups excluding carboxylic acids is 1. The van der Waals surface area contributed by atoms with Gasteiger partial charge in [0.2, 0.25) is 0 Å². The van der Waals surface area contributed by atoms with Crippen molar-refractivity contribution >= 4 is 34.5 Å². The van der Waals surface area contributed by atoms with Crippen LogP contribution in [0.3, 0.4) is 0 Å². The molecule has 33 heavy (non-hydrogen) atoms. The third kappa shape index (κ3) is 3.98. The highest BCUT2D eigenvalue weighted by molar-refractivity contribution is 5.96. The monoisotopic (exact) mass is 448 g/mol. The molecule has 1 aliphatic rings. The van der Waals surface area contributed by atoms with Crippen LogP contribution in [0.1, 0.15) is 41.5 Å². The Morgan fingerprint density at radius 1 is 1.27 bits per heavy atom. The number of carbonyl (C=O) groups is 1. The summed E-state index contributed by atoms with van der Waals surface area (Å²) in [6.07, 6.45) is 5.03. The maximum Gasteiger partial charge on any atom is 0.298 e. The van der Waals surface area contributed by atoms with Gasteiger partial charge in [0.15, 0.2) is 17.1 Å². The van der Waals surface area contributed by atoms with Crippen molar-refractivity contribution in [2.45, 2.75) is 25.4 Å². The van der Waals surface area contributed by atoms with E-state index in [4.69, 9.17) is 10.2 Å². The molecule has 1 aliphatic heterocycles. The number of hydrogen-bond donors (Lipinski definition) is 3. The number of primary amides is 1. The topological polar surface area (TPSA) is 148 Å². The molecule has 0 unspecified atom stereocenters. The van der Waals surface area contributed by atoms with Gasteiger partial charge in [-0.05, 0) is 31.5 Å². The Labute approximate surface area is 189 Å². The summed E-state index contributed by atoms with van der Waals surface area (Å²) in [6.45, 7) is 4.69. The summed E-state index contributed by atoms with van der Waals surface area (Å²) < 4.78 is 7.55. The second-order valence-corrected chi connectivity index (χ2v) is 8.72. The molecular weight excluding hydrogens is 424 g/mol. The zero-order valence-corrected chi connectivity index (χ0v) is 18.5. The minimum Gasteiger partial charge on any atom is -0.423 e. The average molecular weight is 448 g/mol. The SMILES string of the molecule is Cn1cc(Nc2ncc(C3CN(c4nc5ccc(C(C)(C)O)cc5o4)C3)nc2C(N)=O)cn1. The van der Waals surface area contributed by atoms with E-state index in [9.17, 15) is 9.90 Å². The van der Waals surface area contributed by atoms with E-state index in [1.165, 1.54) is 0 Å². The summed E-state index contributed by atoms with van der Waals surface area (Å²) in [4.78, 5) is 27.4. The Morgan fingerprint density at radius 3 is 2.73 bits per heavy atom. The van der Waals surface area contributed by atoms with E-state index in [-0.39, 0.29) is 17.4 Å². The maximum atomic E-state index is 12.0. The number of amides is 1. The van der Waals surface area contributed by atoms with Gasteiger partial charge in [0.05, 0.1) is 29.4 Å². The molecule has 0 saturated carbocycles. The number of hydrogen-bond acceptors (Lipinski definition) is 9. The number of oxazole rings is 1. The number of aryl methyl sites for hydroxylation is 1. The smallest absolute Gasteiger partial charge is 0.298 e. The molecule has 11 nitrogen and oxygen atoms in total. The van der Waals surface area contributed by atoms with Crippen LogP contribution in [0.15, 0.2) is 41.2 Å². The van der Waals surface area contributed by atoms with Gasteiger partial charge < -0.3 is 25.5 Å². The fourth-order valence-corrected chi connectivity index (χ4v) is 3.74. The zero-order chi connectivity index (χ0) is 23.3. The van der Waals surface area contributed by atoms with E-state index in [0.29, 0.717) is 36.1 Å². The van der Waals surface area contributed by atoms with E-state index < -0.39 is 11.5 Å². The van der Waals surface area contributed by atoms with E-state index in [2.05, 4.69) is 25.4 Å². The molecule has 3 aromatic heterocycles. The lowest BCUT2D eigenvalue weighted by atomic mass is 9.97. The first kappa shape index (κ1) is 20.9. The molecule has 170 valence electrons. The summed E-state index contributed by atoms with van der Waals surface area (Å²) in [5.74, 6) is -0.310.